The number of aliphatic hydroxyl groups is 1. The average molecular weight is 238 g/mol. The molecule has 1 amide bonds. The first-order chi connectivity index (χ1) is 8.20. The minimum Gasteiger partial charge on any atom is -0.396 e. The number of hydrogen-bond acceptors (Lipinski definition) is 4. The smallest absolute Gasteiger partial charge is 0.269 e. The third-order valence-corrected chi connectivity index (χ3v) is 3.30. The predicted molar refractivity (Wildman–Crippen MR) is 63.3 cm³/mol. The average Bonchev–Trinajstić information content (AvgIpc) is 2.77. The van der Waals surface area contributed by atoms with Gasteiger partial charge in [-0.1, -0.05) is 12.8 Å². The molecule has 2 rings (SSSR count). The summed E-state index contributed by atoms with van der Waals surface area (Å²) in [5.74, 6) is 0.255. The predicted octanol–water partition coefficient (Wildman–Crippen LogP) is 0.273. The van der Waals surface area contributed by atoms with Crippen molar-refractivity contribution < 1.29 is 9.90 Å². The van der Waals surface area contributed by atoms with Gasteiger partial charge in [-0.2, -0.15) is 5.10 Å². The first-order valence-corrected chi connectivity index (χ1v) is 5.93. The fraction of sp³-hybridized carbons (Fsp3) is 0.636. The molecule has 5 N–H and O–H groups in total. The van der Waals surface area contributed by atoms with Gasteiger partial charge in [0.05, 0.1) is 0 Å². The van der Waals surface area contributed by atoms with E-state index >= 15 is 0 Å². The van der Waals surface area contributed by atoms with Crippen molar-refractivity contribution >= 4 is 11.7 Å². The van der Waals surface area contributed by atoms with Gasteiger partial charge in [-0.05, 0) is 12.8 Å². The Hall–Kier alpha value is -1.56. The number of nitrogen functional groups attached to an aromatic ring is 1. The highest BCUT2D eigenvalue weighted by Crippen LogP contribution is 2.24. The third-order valence-electron chi connectivity index (χ3n) is 3.30. The van der Waals surface area contributed by atoms with E-state index in [-0.39, 0.29) is 24.5 Å². The van der Waals surface area contributed by atoms with Gasteiger partial charge in [0.15, 0.2) is 0 Å². The van der Waals surface area contributed by atoms with Gasteiger partial charge in [0, 0.05) is 24.6 Å². The molecular weight excluding hydrogens is 220 g/mol. The Morgan fingerprint density at radius 2 is 2.35 bits per heavy atom. The number of carbonyl (C=O) groups excluding carboxylic acids is 1. The first-order valence-electron chi connectivity index (χ1n) is 5.93. The Morgan fingerprint density at radius 3 is 3.00 bits per heavy atom. The van der Waals surface area contributed by atoms with Crippen LogP contribution in [0.1, 0.15) is 36.2 Å². The summed E-state index contributed by atoms with van der Waals surface area (Å²) < 4.78 is 0. The van der Waals surface area contributed by atoms with E-state index in [0.717, 1.165) is 25.7 Å². The van der Waals surface area contributed by atoms with E-state index in [2.05, 4.69) is 15.5 Å². The molecule has 1 aliphatic carbocycles. The summed E-state index contributed by atoms with van der Waals surface area (Å²) in [4.78, 5) is 11.9. The number of H-pyrrole nitrogens is 1. The summed E-state index contributed by atoms with van der Waals surface area (Å²) >= 11 is 0. The van der Waals surface area contributed by atoms with Crippen LogP contribution in [0.2, 0.25) is 0 Å². The Balaban J connectivity index is 1.97. The lowest BCUT2D eigenvalue weighted by molar-refractivity contribution is 0.0867. The summed E-state index contributed by atoms with van der Waals surface area (Å²) in [6, 6.07) is 1.55. The van der Waals surface area contributed by atoms with E-state index in [1.54, 1.807) is 0 Å². The number of nitrogens with one attached hydrogen (secondary N) is 2. The molecule has 1 fully saturated rings. The molecule has 0 bridgehead atoms. The summed E-state index contributed by atoms with van der Waals surface area (Å²) in [7, 11) is 0. The second kappa shape index (κ2) is 5.18. The van der Waals surface area contributed by atoms with Gasteiger partial charge in [-0.3, -0.25) is 9.89 Å². The molecule has 0 radical (unpaired) electrons. The van der Waals surface area contributed by atoms with Gasteiger partial charge in [0.2, 0.25) is 0 Å². The molecular formula is C11H18N4O2. The maximum atomic E-state index is 11.9. The normalized spacial score (nSPS) is 24.5. The molecule has 2 atom stereocenters. The van der Waals surface area contributed by atoms with Crippen molar-refractivity contribution in [3.05, 3.63) is 11.8 Å². The Kier molecular flexibility index (Phi) is 3.63. The van der Waals surface area contributed by atoms with Crippen LogP contribution in [0.15, 0.2) is 6.07 Å². The summed E-state index contributed by atoms with van der Waals surface area (Å²) in [6.45, 7) is 0.121. The molecule has 1 heterocycles. The van der Waals surface area contributed by atoms with Crippen molar-refractivity contribution in [1.29, 1.82) is 0 Å². The molecule has 2 unspecified atom stereocenters. The molecule has 1 saturated carbocycles. The third kappa shape index (κ3) is 2.76. The molecule has 0 saturated heterocycles. The van der Waals surface area contributed by atoms with Gasteiger partial charge in [0.1, 0.15) is 11.5 Å². The van der Waals surface area contributed by atoms with E-state index in [0.29, 0.717) is 11.5 Å². The van der Waals surface area contributed by atoms with Gasteiger partial charge in [-0.15, -0.1) is 0 Å². The van der Waals surface area contributed by atoms with Crippen LogP contribution in [0.3, 0.4) is 0 Å². The van der Waals surface area contributed by atoms with Crippen molar-refractivity contribution in [1.82, 2.24) is 15.5 Å². The lowest BCUT2D eigenvalue weighted by Gasteiger charge is -2.30. The molecule has 0 spiro atoms. The molecule has 0 aromatic carbocycles. The van der Waals surface area contributed by atoms with Crippen LogP contribution in [0.25, 0.3) is 0 Å². The minimum absolute atomic E-state index is 0.0470. The summed E-state index contributed by atoms with van der Waals surface area (Å²) in [5, 5.41) is 18.5. The number of nitrogens with two attached hydrogens (primary N) is 1. The SMILES string of the molecule is Nc1cc(C(=O)NC2CCCCC2CO)[nH]n1. The molecule has 6 nitrogen and oxygen atoms in total. The van der Waals surface area contributed by atoms with Crippen molar-refractivity contribution in [3.8, 4) is 0 Å². The number of rotatable bonds is 3. The van der Waals surface area contributed by atoms with E-state index < -0.39 is 0 Å². The van der Waals surface area contributed by atoms with Crippen molar-refractivity contribution in [2.24, 2.45) is 5.92 Å². The van der Waals surface area contributed by atoms with Crippen LogP contribution in [-0.4, -0.2) is 33.9 Å². The van der Waals surface area contributed by atoms with E-state index in [9.17, 15) is 9.90 Å². The van der Waals surface area contributed by atoms with Crippen LogP contribution in [-0.2, 0) is 0 Å². The van der Waals surface area contributed by atoms with Gasteiger partial charge < -0.3 is 16.2 Å². The second-order valence-electron chi connectivity index (χ2n) is 4.51. The van der Waals surface area contributed by atoms with Crippen LogP contribution in [0.4, 0.5) is 5.82 Å². The number of anilines is 1. The van der Waals surface area contributed by atoms with E-state index in [1.165, 1.54) is 6.07 Å². The fourth-order valence-electron chi connectivity index (χ4n) is 2.32. The fourth-order valence-corrected chi connectivity index (χ4v) is 2.32. The highest BCUT2D eigenvalue weighted by atomic mass is 16.3. The Morgan fingerprint density at radius 1 is 1.59 bits per heavy atom. The first kappa shape index (κ1) is 11.9. The molecule has 1 aromatic heterocycles. The topological polar surface area (TPSA) is 104 Å². The van der Waals surface area contributed by atoms with Gasteiger partial charge in [0.25, 0.3) is 5.91 Å². The van der Waals surface area contributed by atoms with Crippen LogP contribution in [0.5, 0.6) is 0 Å². The van der Waals surface area contributed by atoms with Crippen LogP contribution >= 0.6 is 0 Å². The molecule has 1 aliphatic rings. The quantitative estimate of drug-likeness (QED) is 0.606. The number of aromatic nitrogens is 2. The second-order valence-corrected chi connectivity index (χ2v) is 4.51. The molecule has 1 aromatic rings. The monoisotopic (exact) mass is 238 g/mol. The molecule has 6 heteroatoms. The minimum atomic E-state index is -0.209. The van der Waals surface area contributed by atoms with Gasteiger partial charge in [-0.25, -0.2) is 0 Å². The standard InChI is InChI=1S/C11H18N4O2/c12-10-5-9(14-15-10)11(17)13-8-4-2-1-3-7(8)6-16/h5,7-8,16H,1-4,6H2,(H,13,17)(H3,12,14,15). The Bertz CT molecular complexity index is 391. The number of carbonyl (C=O) groups is 1. The van der Waals surface area contributed by atoms with E-state index in [1.807, 2.05) is 0 Å². The van der Waals surface area contributed by atoms with Crippen molar-refractivity contribution in [2.45, 2.75) is 31.7 Å². The highest BCUT2D eigenvalue weighted by Gasteiger charge is 2.26. The number of aromatic amines is 1. The van der Waals surface area contributed by atoms with Crippen molar-refractivity contribution in [3.63, 3.8) is 0 Å². The maximum absolute atomic E-state index is 11.9. The lowest BCUT2D eigenvalue weighted by atomic mass is 9.85. The molecule has 94 valence electrons. The molecule has 17 heavy (non-hydrogen) atoms. The van der Waals surface area contributed by atoms with Gasteiger partial charge >= 0.3 is 0 Å². The summed E-state index contributed by atoms with van der Waals surface area (Å²) in [5.41, 5.74) is 5.81. The Labute approximate surface area is 99.6 Å². The highest BCUT2D eigenvalue weighted by molar-refractivity contribution is 5.93. The molecule has 0 aliphatic heterocycles. The zero-order chi connectivity index (χ0) is 12.3. The largest absolute Gasteiger partial charge is 0.396 e. The van der Waals surface area contributed by atoms with Crippen molar-refractivity contribution in [2.75, 3.05) is 12.3 Å². The summed E-state index contributed by atoms with van der Waals surface area (Å²) in [6.07, 6.45) is 4.09. The number of aliphatic hydroxyl groups excluding tert-OH is 1. The zero-order valence-electron chi connectivity index (χ0n) is 9.65. The zero-order valence-corrected chi connectivity index (χ0v) is 9.65. The van der Waals surface area contributed by atoms with Crippen LogP contribution in [0, 0.1) is 5.92 Å². The van der Waals surface area contributed by atoms with Crippen LogP contribution < -0.4 is 11.1 Å². The number of amides is 1. The maximum Gasteiger partial charge on any atom is 0.269 e. The lowest BCUT2D eigenvalue weighted by Crippen LogP contribution is -2.43. The van der Waals surface area contributed by atoms with E-state index in [4.69, 9.17) is 5.73 Å². The number of hydrogen-bond donors (Lipinski definition) is 4. The number of nitrogens with zero attached hydrogens (tertiary/aromatic N) is 1.